The molecule has 0 saturated carbocycles. The Balaban J connectivity index is 2.24. The minimum Gasteiger partial charge on any atom is -0.456 e. The van der Waals surface area contributed by atoms with E-state index in [1.807, 2.05) is 55.5 Å². The van der Waals surface area contributed by atoms with Gasteiger partial charge in [-0.15, -0.1) is 0 Å². The zero-order valence-electron chi connectivity index (χ0n) is 9.51. The van der Waals surface area contributed by atoms with E-state index in [1.165, 1.54) is 0 Å². The minimum absolute atomic E-state index is 0.116. The summed E-state index contributed by atoms with van der Waals surface area (Å²) in [4.78, 5) is 12.3. The molecule has 0 spiro atoms. The van der Waals surface area contributed by atoms with Crippen molar-refractivity contribution in [3.05, 3.63) is 59.7 Å². The SMILES string of the molecule is C[C@H]1C(=O)c2ccccc2Oc2ccccc21. The zero-order valence-corrected chi connectivity index (χ0v) is 9.51. The molecule has 0 unspecified atom stereocenters. The molecule has 1 heterocycles. The first-order chi connectivity index (χ1) is 8.27. The van der Waals surface area contributed by atoms with E-state index in [0.29, 0.717) is 11.3 Å². The van der Waals surface area contributed by atoms with Crippen molar-refractivity contribution in [2.45, 2.75) is 12.8 Å². The van der Waals surface area contributed by atoms with Crippen LogP contribution in [0.1, 0.15) is 28.8 Å². The summed E-state index contributed by atoms with van der Waals surface area (Å²) in [5.74, 6) is 1.38. The van der Waals surface area contributed by atoms with Gasteiger partial charge in [-0.05, 0) is 18.2 Å². The Bertz CT molecular complexity index is 587. The van der Waals surface area contributed by atoms with Crippen LogP contribution in [-0.2, 0) is 0 Å². The molecule has 2 nitrogen and oxygen atoms in total. The van der Waals surface area contributed by atoms with Gasteiger partial charge in [0.25, 0.3) is 0 Å². The molecule has 0 radical (unpaired) electrons. The molecule has 0 aliphatic carbocycles. The van der Waals surface area contributed by atoms with Crippen molar-refractivity contribution in [2.24, 2.45) is 0 Å². The van der Waals surface area contributed by atoms with E-state index in [9.17, 15) is 4.79 Å². The first-order valence-corrected chi connectivity index (χ1v) is 5.67. The molecular weight excluding hydrogens is 212 g/mol. The highest BCUT2D eigenvalue weighted by molar-refractivity contribution is 6.04. The van der Waals surface area contributed by atoms with Crippen LogP contribution >= 0.6 is 0 Å². The summed E-state index contributed by atoms with van der Waals surface area (Å²) < 4.78 is 5.82. The number of rotatable bonds is 0. The van der Waals surface area contributed by atoms with E-state index >= 15 is 0 Å². The number of para-hydroxylation sites is 2. The number of benzene rings is 2. The normalized spacial score (nSPS) is 17.7. The molecule has 0 bridgehead atoms. The third kappa shape index (κ3) is 1.53. The van der Waals surface area contributed by atoms with Gasteiger partial charge in [-0.1, -0.05) is 37.3 Å². The molecule has 2 heteroatoms. The molecule has 84 valence electrons. The van der Waals surface area contributed by atoms with E-state index in [0.717, 1.165) is 11.3 Å². The van der Waals surface area contributed by atoms with Gasteiger partial charge < -0.3 is 4.74 Å². The topological polar surface area (TPSA) is 26.3 Å². The average molecular weight is 224 g/mol. The zero-order chi connectivity index (χ0) is 11.8. The van der Waals surface area contributed by atoms with Gasteiger partial charge in [0, 0.05) is 11.5 Å². The highest BCUT2D eigenvalue weighted by Gasteiger charge is 2.26. The summed E-state index contributed by atoms with van der Waals surface area (Å²) >= 11 is 0. The van der Waals surface area contributed by atoms with Crippen LogP contribution in [0.2, 0.25) is 0 Å². The Labute approximate surface area is 99.9 Å². The van der Waals surface area contributed by atoms with Crippen LogP contribution < -0.4 is 4.74 Å². The number of carbonyl (C=O) groups is 1. The summed E-state index contributed by atoms with van der Waals surface area (Å²) in [6.07, 6.45) is 0. The monoisotopic (exact) mass is 224 g/mol. The van der Waals surface area contributed by atoms with Crippen molar-refractivity contribution in [1.82, 2.24) is 0 Å². The molecule has 1 aliphatic rings. The molecule has 17 heavy (non-hydrogen) atoms. The van der Waals surface area contributed by atoms with Crippen LogP contribution in [0.15, 0.2) is 48.5 Å². The molecular formula is C15H12O2. The van der Waals surface area contributed by atoms with Crippen molar-refractivity contribution < 1.29 is 9.53 Å². The van der Waals surface area contributed by atoms with Gasteiger partial charge in [0.1, 0.15) is 11.5 Å². The second-order valence-corrected chi connectivity index (χ2v) is 4.22. The number of fused-ring (bicyclic) bond motifs is 2. The van der Waals surface area contributed by atoms with Gasteiger partial charge in [0.2, 0.25) is 0 Å². The first-order valence-electron chi connectivity index (χ1n) is 5.67. The number of carbonyl (C=O) groups excluding carboxylic acids is 1. The third-order valence-corrected chi connectivity index (χ3v) is 3.15. The molecule has 2 aromatic rings. The number of ketones is 1. The van der Waals surface area contributed by atoms with E-state index < -0.39 is 0 Å². The van der Waals surface area contributed by atoms with E-state index in [2.05, 4.69) is 0 Å². The Hall–Kier alpha value is -2.09. The van der Waals surface area contributed by atoms with Gasteiger partial charge >= 0.3 is 0 Å². The Morgan fingerprint density at radius 3 is 2.41 bits per heavy atom. The lowest BCUT2D eigenvalue weighted by atomic mass is 9.92. The van der Waals surface area contributed by atoms with Crippen molar-refractivity contribution in [3.63, 3.8) is 0 Å². The maximum atomic E-state index is 12.3. The molecule has 0 aromatic heterocycles. The van der Waals surface area contributed by atoms with Crippen molar-refractivity contribution >= 4 is 5.78 Å². The second-order valence-electron chi connectivity index (χ2n) is 4.22. The number of ether oxygens (including phenoxy) is 1. The van der Waals surface area contributed by atoms with Gasteiger partial charge in [0.05, 0.1) is 5.56 Å². The van der Waals surface area contributed by atoms with Crippen molar-refractivity contribution in [3.8, 4) is 11.5 Å². The average Bonchev–Trinajstić information content (AvgIpc) is 2.48. The predicted octanol–water partition coefficient (Wildman–Crippen LogP) is 3.78. The largest absolute Gasteiger partial charge is 0.456 e. The van der Waals surface area contributed by atoms with Gasteiger partial charge in [-0.3, -0.25) is 4.79 Å². The van der Waals surface area contributed by atoms with E-state index in [1.54, 1.807) is 0 Å². The van der Waals surface area contributed by atoms with Crippen molar-refractivity contribution in [2.75, 3.05) is 0 Å². The third-order valence-electron chi connectivity index (χ3n) is 3.15. The minimum atomic E-state index is -0.158. The second kappa shape index (κ2) is 3.74. The first kappa shape index (κ1) is 10.1. The van der Waals surface area contributed by atoms with Crippen LogP contribution in [0.25, 0.3) is 0 Å². The summed E-state index contributed by atoms with van der Waals surface area (Å²) in [6, 6.07) is 15.1. The molecule has 0 amide bonds. The number of hydrogen-bond acceptors (Lipinski definition) is 2. The number of Topliss-reactive ketones (excluding diaryl/α,β-unsaturated/α-hetero) is 1. The number of hydrogen-bond donors (Lipinski definition) is 0. The maximum Gasteiger partial charge on any atom is 0.173 e. The summed E-state index contributed by atoms with van der Waals surface area (Å²) in [7, 11) is 0. The fraction of sp³-hybridized carbons (Fsp3) is 0.133. The Morgan fingerprint density at radius 1 is 0.941 bits per heavy atom. The Kier molecular flexibility index (Phi) is 2.22. The molecule has 0 N–H and O–H groups in total. The van der Waals surface area contributed by atoms with Crippen LogP contribution in [0.3, 0.4) is 0 Å². The predicted molar refractivity (Wildman–Crippen MR) is 65.7 cm³/mol. The highest BCUT2D eigenvalue weighted by atomic mass is 16.5. The van der Waals surface area contributed by atoms with Crippen LogP contribution in [0, 0.1) is 0 Å². The molecule has 3 rings (SSSR count). The summed E-state index contributed by atoms with van der Waals surface area (Å²) in [6.45, 7) is 1.92. The lowest BCUT2D eigenvalue weighted by Crippen LogP contribution is -2.07. The standard InChI is InChI=1S/C15H12O2/c1-10-11-6-2-4-8-13(11)17-14-9-5-3-7-12(14)15(10)16/h2-10H,1H3/t10-/m1/s1. The molecule has 0 fully saturated rings. The van der Waals surface area contributed by atoms with Gasteiger partial charge in [-0.2, -0.15) is 0 Å². The fourth-order valence-corrected chi connectivity index (χ4v) is 2.18. The lowest BCUT2D eigenvalue weighted by Gasteiger charge is -2.09. The van der Waals surface area contributed by atoms with Crippen LogP contribution in [0.4, 0.5) is 0 Å². The fourth-order valence-electron chi connectivity index (χ4n) is 2.18. The van der Waals surface area contributed by atoms with E-state index in [-0.39, 0.29) is 11.7 Å². The molecule has 0 saturated heterocycles. The highest BCUT2D eigenvalue weighted by Crippen LogP contribution is 2.38. The smallest absolute Gasteiger partial charge is 0.173 e. The molecule has 1 atom stereocenters. The van der Waals surface area contributed by atoms with Gasteiger partial charge in [0.15, 0.2) is 5.78 Å². The Morgan fingerprint density at radius 2 is 1.59 bits per heavy atom. The van der Waals surface area contributed by atoms with Crippen LogP contribution in [-0.4, -0.2) is 5.78 Å². The molecule has 2 aromatic carbocycles. The lowest BCUT2D eigenvalue weighted by molar-refractivity contribution is 0.0967. The van der Waals surface area contributed by atoms with Gasteiger partial charge in [-0.25, -0.2) is 0 Å². The summed E-state index contributed by atoms with van der Waals surface area (Å²) in [5.41, 5.74) is 1.62. The molecule has 1 aliphatic heterocycles. The summed E-state index contributed by atoms with van der Waals surface area (Å²) in [5, 5.41) is 0. The van der Waals surface area contributed by atoms with E-state index in [4.69, 9.17) is 4.74 Å². The maximum absolute atomic E-state index is 12.3. The van der Waals surface area contributed by atoms with Crippen molar-refractivity contribution in [1.29, 1.82) is 0 Å². The van der Waals surface area contributed by atoms with Crippen LogP contribution in [0.5, 0.6) is 11.5 Å². The quantitative estimate of drug-likeness (QED) is 0.680.